The number of carbonyl (C=O) groups excluding carboxylic acids is 2. The highest BCUT2D eigenvalue weighted by atomic mass is 16.5. The fraction of sp³-hybridized carbons (Fsp3) is 0.556. The van der Waals surface area contributed by atoms with Gasteiger partial charge in [0.2, 0.25) is 0 Å². The van der Waals surface area contributed by atoms with E-state index in [1.54, 1.807) is 19.1 Å². The van der Waals surface area contributed by atoms with E-state index >= 15 is 0 Å². The van der Waals surface area contributed by atoms with E-state index in [0.29, 0.717) is 31.7 Å². The van der Waals surface area contributed by atoms with E-state index < -0.39 is 5.54 Å². The molecule has 2 aliphatic rings. The van der Waals surface area contributed by atoms with Crippen molar-refractivity contribution < 1.29 is 19.1 Å². The van der Waals surface area contributed by atoms with E-state index in [1.165, 1.54) is 4.90 Å². The number of rotatable bonds is 6. The van der Waals surface area contributed by atoms with Gasteiger partial charge in [-0.1, -0.05) is 12.1 Å². The summed E-state index contributed by atoms with van der Waals surface area (Å²) in [7, 11) is 3.20. The molecule has 0 aromatic heterocycles. The molecule has 136 valence electrons. The topological polar surface area (TPSA) is 71.1 Å². The molecule has 1 aromatic carbocycles. The molecular weight excluding hydrogens is 322 g/mol. The van der Waals surface area contributed by atoms with E-state index in [4.69, 9.17) is 9.47 Å². The number of carbonyl (C=O) groups is 2. The van der Waals surface area contributed by atoms with Crippen LogP contribution >= 0.6 is 0 Å². The molecule has 7 nitrogen and oxygen atoms in total. The zero-order valence-corrected chi connectivity index (χ0v) is 14.8. The number of nitrogens with zero attached hydrogens (tertiary/aromatic N) is 2. The smallest absolute Gasteiger partial charge is 0.328 e. The van der Waals surface area contributed by atoms with Crippen LogP contribution in [-0.2, 0) is 16.1 Å². The molecule has 0 bridgehead atoms. The lowest BCUT2D eigenvalue weighted by Crippen LogP contribution is -2.56. The Bertz CT molecular complexity index is 643. The van der Waals surface area contributed by atoms with Crippen molar-refractivity contribution in [2.45, 2.75) is 24.9 Å². The molecular formula is C18H25N3O4. The molecule has 0 aliphatic carbocycles. The fourth-order valence-electron chi connectivity index (χ4n) is 3.69. The van der Waals surface area contributed by atoms with Crippen LogP contribution in [-0.4, -0.2) is 67.7 Å². The van der Waals surface area contributed by atoms with Gasteiger partial charge in [-0.05, 0) is 43.6 Å². The minimum atomic E-state index is -0.736. The fourth-order valence-corrected chi connectivity index (χ4v) is 3.69. The Morgan fingerprint density at radius 3 is 2.64 bits per heavy atom. The van der Waals surface area contributed by atoms with Gasteiger partial charge < -0.3 is 19.7 Å². The highest BCUT2D eigenvalue weighted by Crippen LogP contribution is 2.36. The number of hydrogen-bond donors (Lipinski definition) is 1. The van der Waals surface area contributed by atoms with Crippen LogP contribution in [0, 0.1) is 0 Å². The Balaban J connectivity index is 1.86. The molecule has 0 saturated carbocycles. The van der Waals surface area contributed by atoms with Gasteiger partial charge in [0.1, 0.15) is 11.3 Å². The average Bonchev–Trinajstić information content (AvgIpc) is 2.82. The summed E-state index contributed by atoms with van der Waals surface area (Å²) in [5.74, 6) is 0.613. The van der Waals surface area contributed by atoms with Crippen LogP contribution in [0.15, 0.2) is 24.3 Å². The van der Waals surface area contributed by atoms with E-state index in [1.807, 2.05) is 24.3 Å². The van der Waals surface area contributed by atoms with Crippen LogP contribution in [0.2, 0.25) is 0 Å². The Morgan fingerprint density at radius 2 is 1.96 bits per heavy atom. The molecule has 1 aromatic rings. The van der Waals surface area contributed by atoms with Gasteiger partial charge in [-0.25, -0.2) is 4.79 Å². The number of hydrogen-bond acceptors (Lipinski definition) is 5. The SMILES string of the molecule is COCCN1C(=O)N(Cc2cccc(OC)c2)C(=O)C12CCNCC2. The molecule has 1 spiro atoms. The number of imide groups is 1. The molecule has 2 fully saturated rings. The second kappa shape index (κ2) is 7.41. The predicted octanol–water partition coefficient (Wildman–Crippen LogP) is 1.23. The quantitative estimate of drug-likeness (QED) is 0.784. The minimum Gasteiger partial charge on any atom is -0.497 e. The van der Waals surface area contributed by atoms with Crippen LogP contribution in [0.4, 0.5) is 4.79 Å². The van der Waals surface area contributed by atoms with Gasteiger partial charge in [0, 0.05) is 13.7 Å². The first-order valence-corrected chi connectivity index (χ1v) is 8.58. The minimum absolute atomic E-state index is 0.0991. The van der Waals surface area contributed by atoms with Crippen LogP contribution in [0.5, 0.6) is 5.75 Å². The number of benzene rings is 1. The Morgan fingerprint density at radius 1 is 1.20 bits per heavy atom. The van der Waals surface area contributed by atoms with Crippen molar-refractivity contribution in [3.05, 3.63) is 29.8 Å². The van der Waals surface area contributed by atoms with Crippen LogP contribution in [0.25, 0.3) is 0 Å². The second-order valence-electron chi connectivity index (χ2n) is 6.45. The van der Waals surface area contributed by atoms with Gasteiger partial charge >= 0.3 is 6.03 Å². The summed E-state index contributed by atoms with van der Waals surface area (Å²) in [5, 5.41) is 3.27. The molecule has 1 N–H and O–H groups in total. The van der Waals surface area contributed by atoms with Gasteiger partial charge in [-0.3, -0.25) is 9.69 Å². The number of ether oxygens (including phenoxy) is 2. The summed E-state index contributed by atoms with van der Waals surface area (Å²) in [6, 6.07) is 7.23. The number of amides is 3. The Kier molecular flexibility index (Phi) is 5.24. The largest absolute Gasteiger partial charge is 0.497 e. The number of nitrogens with one attached hydrogen (secondary N) is 1. The molecule has 7 heteroatoms. The monoisotopic (exact) mass is 347 g/mol. The molecule has 3 amide bonds. The van der Waals surface area contributed by atoms with Gasteiger partial charge in [0.15, 0.2) is 0 Å². The van der Waals surface area contributed by atoms with Crippen LogP contribution in [0.1, 0.15) is 18.4 Å². The van der Waals surface area contributed by atoms with Gasteiger partial charge in [0.05, 0.1) is 20.3 Å². The summed E-state index contributed by atoms with van der Waals surface area (Å²) in [6.07, 6.45) is 1.27. The first kappa shape index (κ1) is 17.7. The molecule has 25 heavy (non-hydrogen) atoms. The standard InChI is InChI=1S/C18H25N3O4/c1-24-11-10-21-17(23)20(13-14-4-3-5-15(12-14)25-2)16(22)18(21)6-8-19-9-7-18/h3-5,12,19H,6-11,13H2,1-2H3. The van der Waals surface area contributed by atoms with Gasteiger partial charge in [-0.2, -0.15) is 0 Å². The van der Waals surface area contributed by atoms with E-state index in [-0.39, 0.29) is 18.5 Å². The van der Waals surface area contributed by atoms with E-state index in [2.05, 4.69) is 5.32 Å². The molecule has 2 saturated heterocycles. The number of methoxy groups -OCH3 is 2. The highest BCUT2D eigenvalue weighted by Gasteiger charge is 2.56. The van der Waals surface area contributed by atoms with Crippen molar-refractivity contribution in [2.24, 2.45) is 0 Å². The lowest BCUT2D eigenvalue weighted by atomic mass is 9.86. The molecule has 0 atom stereocenters. The summed E-state index contributed by atoms with van der Waals surface area (Å²) in [4.78, 5) is 29.2. The highest BCUT2D eigenvalue weighted by molar-refractivity contribution is 6.07. The first-order valence-electron chi connectivity index (χ1n) is 8.58. The zero-order chi connectivity index (χ0) is 17.9. The maximum Gasteiger partial charge on any atom is 0.328 e. The van der Waals surface area contributed by atoms with E-state index in [0.717, 1.165) is 18.7 Å². The third-order valence-corrected chi connectivity index (χ3v) is 5.05. The lowest BCUT2D eigenvalue weighted by Gasteiger charge is -2.38. The third-order valence-electron chi connectivity index (χ3n) is 5.05. The molecule has 0 radical (unpaired) electrons. The zero-order valence-electron chi connectivity index (χ0n) is 14.8. The average molecular weight is 347 g/mol. The number of urea groups is 1. The van der Waals surface area contributed by atoms with Crippen molar-refractivity contribution in [1.29, 1.82) is 0 Å². The van der Waals surface area contributed by atoms with Crippen molar-refractivity contribution >= 4 is 11.9 Å². The van der Waals surface area contributed by atoms with Crippen molar-refractivity contribution in [1.82, 2.24) is 15.1 Å². The molecule has 2 heterocycles. The number of piperidine rings is 1. The maximum absolute atomic E-state index is 13.2. The first-order chi connectivity index (χ1) is 12.1. The summed E-state index contributed by atoms with van der Waals surface area (Å²) in [6.45, 7) is 2.56. The summed E-state index contributed by atoms with van der Waals surface area (Å²) >= 11 is 0. The maximum atomic E-state index is 13.2. The summed E-state index contributed by atoms with van der Waals surface area (Å²) < 4.78 is 10.4. The van der Waals surface area contributed by atoms with Crippen molar-refractivity contribution in [2.75, 3.05) is 40.5 Å². The molecule has 2 aliphatic heterocycles. The Hall–Kier alpha value is -2.12. The van der Waals surface area contributed by atoms with Crippen molar-refractivity contribution in [3.63, 3.8) is 0 Å². The summed E-state index contributed by atoms with van der Waals surface area (Å²) in [5.41, 5.74) is 0.137. The molecule has 3 rings (SSSR count). The van der Waals surface area contributed by atoms with E-state index in [9.17, 15) is 9.59 Å². The van der Waals surface area contributed by atoms with Crippen LogP contribution < -0.4 is 10.1 Å². The normalized spacial score (nSPS) is 19.8. The lowest BCUT2D eigenvalue weighted by molar-refractivity contribution is -0.135. The van der Waals surface area contributed by atoms with Gasteiger partial charge in [-0.15, -0.1) is 0 Å². The molecule has 0 unspecified atom stereocenters. The second-order valence-corrected chi connectivity index (χ2v) is 6.45. The van der Waals surface area contributed by atoms with Crippen molar-refractivity contribution in [3.8, 4) is 5.75 Å². The third kappa shape index (κ3) is 3.21. The Labute approximate surface area is 147 Å². The van der Waals surface area contributed by atoms with Crippen LogP contribution in [0.3, 0.4) is 0 Å². The van der Waals surface area contributed by atoms with Gasteiger partial charge in [0.25, 0.3) is 5.91 Å². The predicted molar refractivity (Wildman–Crippen MR) is 92.4 cm³/mol.